The van der Waals surface area contributed by atoms with E-state index in [4.69, 9.17) is 4.74 Å². The van der Waals surface area contributed by atoms with Crippen molar-refractivity contribution in [3.05, 3.63) is 12.7 Å². The fraction of sp³-hybridized carbons (Fsp3) is 0.800. The first-order chi connectivity index (χ1) is 5.35. The van der Waals surface area contributed by atoms with Gasteiger partial charge in [-0.25, -0.2) is 0 Å². The summed E-state index contributed by atoms with van der Waals surface area (Å²) in [5.74, 6) is 0.793. The van der Waals surface area contributed by atoms with E-state index >= 15 is 0 Å². The summed E-state index contributed by atoms with van der Waals surface area (Å²) >= 11 is 0. The van der Waals surface area contributed by atoms with Gasteiger partial charge >= 0.3 is 0 Å². The fourth-order valence-corrected chi connectivity index (χ4v) is 2.17. The molecule has 0 unspecified atom stereocenters. The molecular weight excluding hydrogens is 136 g/mol. The topological polar surface area (TPSA) is 9.23 Å². The summed E-state index contributed by atoms with van der Waals surface area (Å²) in [5.41, 5.74) is 0.611. The Morgan fingerprint density at radius 3 is 2.27 bits per heavy atom. The highest BCUT2D eigenvalue weighted by Crippen LogP contribution is 2.44. The van der Waals surface area contributed by atoms with Crippen LogP contribution in [0.4, 0.5) is 0 Å². The van der Waals surface area contributed by atoms with Crippen molar-refractivity contribution in [1.82, 2.24) is 0 Å². The molecule has 1 nitrogen and oxygen atoms in total. The molecule has 0 bridgehead atoms. The van der Waals surface area contributed by atoms with Crippen LogP contribution < -0.4 is 0 Å². The van der Waals surface area contributed by atoms with E-state index in [1.54, 1.807) is 0 Å². The van der Waals surface area contributed by atoms with Crippen LogP contribution in [-0.2, 0) is 4.74 Å². The van der Waals surface area contributed by atoms with Crippen molar-refractivity contribution in [3.8, 4) is 0 Å². The Bertz CT molecular complexity index is 148. The van der Waals surface area contributed by atoms with Gasteiger partial charge in [0.25, 0.3) is 0 Å². The van der Waals surface area contributed by atoms with Gasteiger partial charge in [0.05, 0.1) is 13.2 Å². The molecule has 0 N–H and O–H groups in total. The Kier molecular flexibility index (Phi) is 1.76. The second kappa shape index (κ2) is 2.63. The first-order valence-corrected chi connectivity index (χ1v) is 4.55. The van der Waals surface area contributed by atoms with Gasteiger partial charge in [-0.05, 0) is 31.6 Å². The van der Waals surface area contributed by atoms with Gasteiger partial charge in [-0.1, -0.05) is 6.08 Å². The highest BCUT2D eigenvalue weighted by Gasteiger charge is 2.40. The number of rotatable bonds is 1. The van der Waals surface area contributed by atoms with Crippen molar-refractivity contribution >= 4 is 0 Å². The molecule has 0 radical (unpaired) electrons. The highest BCUT2D eigenvalue weighted by molar-refractivity contribution is 4.94. The van der Waals surface area contributed by atoms with E-state index in [-0.39, 0.29) is 0 Å². The molecular formula is C10H16O. The van der Waals surface area contributed by atoms with Gasteiger partial charge in [0, 0.05) is 5.41 Å². The van der Waals surface area contributed by atoms with Crippen LogP contribution in [-0.4, -0.2) is 13.2 Å². The minimum atomic E-state index is 0.611. The minimum Gasteiger partial charge on any atom is -0.380 e. The zero-order chi connectivity index (χ0) is 7.73. The van der Waals surface area contributed by atoms with Crippen LogP contribution in [0.1, 0.15) is 25.7 Å². The molecule has 1 aliphatic carbocycles. The van der Waals surface area contributed by atoms with E-state index in [1.165, 1.54) is 25.7 Å². The van der Waals surface area contributed by atoms with E-state index < -0.39 is 0 Å². The zero-order valence-electron chi connectivity index (χ0n) is 7.01. The lowest BCUT2D eigenvalue weighted by Gasteiger charge is -2.45. The minimum absolute atomic E-state index is 0.611. The maximum Gasteiger partial charge on any atom is 0.0544 e. The molecule has 1 saturated carbocycles. The molecule has 1 heterocycles. The van der Waals surface area contributed by atoms with Crippen LogP contribution in [0.15, 0.2) is 12.7 Å². The van der Waals surface area contributed by atoms with Crippen molar-refractivity contribution in [2.24, 2.45) is 11.3 Å². The number of hydrogen-bond acceptors (Lipinski definition) is 1. The summed E-state index contributed by atoms with van der Waals surface area (Å²) in [5, 5.41) is 0. The van der Waals surface area contributed by atoms with Crippen LogP contribution in [0.3, 0.4) is 0 Å². The average Bonchev–Trinajstić information content (AvgIpc) is 2.02. The summed E-state index contributed by atoms with van der Waals surface area (Å²) in [6.45, 7) is 5.89. The third-order valence-corrected chi connectivity index (χ3v) is 3.24. The molecule has 0 atom stereocenters. The molecule has 0 aromatic carbocycles. The Balaban J connectivity index is 1.88. The number of allylic oxidation sites excluding steroid dienone is 1. The maximum absolute atomic E-state index is 5.26. The molecule has 2 fully saturated rings. The third-order valence-electron chi connectivity index (χ3n) is 3.24. The fourth-order valence-electron chi connectivity index (χ4n) is 2.17. The lowest BCUT2D eigenvalue weighted by atomic mass is 9.69. The van der Waals surface area contributed by atoms with Crippen LogP contribution in [0.2, 0.25) is 0 Å². The lowest BCUT2D eigenvalue weighted by Crippen LogP contribution is -2.44. The molecule has 0 aromatic heterocycles. The monoisotopic (exact) mass is 152 g/mol. The highest BCUT2D eigenvalue weighted by atomic mass is 16.5. The van der Waals surface area contributed by atoms with E-state index in [0.29, 0.717) is 5.41 Å². The van der Waals surface area contributed by atoms with Crippen molar-refractivity contribution in [3.63, 3.8) is 0 Å². The summed E-state index contributed by atoms with van der Waals surface area (Å²) in [4.78, 5) is 0. The van der Waals surface area contributed by atoms with Crippen molar-refractivity contribution in [2.75, 3.05) is 13.2 Å². The number of hydrogen-bond donors (Lipinski definition) is 0. The van der Waals surface area contributed by atoms with Crippen LogP contribution in [0, 0.1) is 11.3 Å². The number of ether oxygens (including phenoxy) is 1. The summed E-state index contributed by atoms with van der Waals surface area (Å²) in [7, 11) is 0. The van der Waals surface area contributed by atoms with Crippen molar-refractivity contribution in [1.29, 1.82) is 0 Å². The molecule has 2 aliphatic rings. The van der Waals surface area contributed by atoms with Gasteiger partial charge in [-0.3, -0.25) is 0 Å². The molecule has 0 aromatic rings. The van der Waals surface area contributed by atoms with E-state index in [9.17, 15) is 0 Å². The predicted octanol–water partition coefficient (Wildman–Crippen LogP) is 2.38. The van der Waals surface area contributed by atoms with Crippen molar-refractivity contribution < 1.29 is 4.74 Å². The second-order valence-electron chi connectivity index (χ2n) is 4.07. The zero-order valence-corrected chi connectivity index (χ0v) is 7.01. The Hall–Kier alpha value is -0.300. The standard InChI is InChI=1S/C10H16O/c1-2-9-3-5-10(6-4-9)7-11-8-10/h2,9H,1,3-8H2. The summed E-state index contributed by atoms with van der Waals surface area (Å²) < 4.78 is 5.26. The first-order valence-electron chi connectivity index (χ1n) is 4.55. The Labute approximate surface area is 68.4 Å². The second-order valence-corrected chi connectivity index (χ2v) is 4.07. The first kappa shape index (κ1) is 7.35. The van der Waals surface area contributed by atoms with Gasteiger partial charge < -0.3 is 4.74 Å². The SMILES string of the molecule is C=CC1CCC2(CC1)COC2. The van der Waals surface area contributed by atoms with Crippen LogP contribution in [0.25, 0.3) is 0 Å². The normalized spacial score (nSPS) is 29.8. The Morgan fingerprint density at radius 1 is 1.27 bits per heavy atom. The Morgan fingerprint density at radius 2 is 1.91 bits per heavy atom. The maximum atomic E-state index is 5.26. The lowest BCUT2D eigenvalue weighted by molar-refractivity contribution is -0.134. The largest absolute Gasteiger partial charge is 0.380 e. The summed E-state index contributed by atoms with van der Waals surface area (Å²) in [6.07, 6.45) is 7.53. The molecule has 0 amide bonds. The quantitative estimate of drug-likeness (QED) is 0.524. The van der Waals surface area contributed by atoms with Crippen molar-refractivity contribution in [2.45, 2.75) is 25.7 Å². The van der Waals surface area contributed by atoms with Gasteiger partial charge in [0.2, 0.25) is 0 Å². The van der Waals surface area contributed by atoms with Crippen LogP contribution in [0.5, 0.6) is 0 Å². The molecule has 62 valence electrons. The predicted molar refractivity (Wildman–Crippen MR) is 45.4 cm³/mol. The molecule has 1 spiro atoms. The molecule has 1 saturated heterocycles. The van der Waals surface area contributed by atoms with Gasteiger partial charge in [0.1, 0.15) is 0 Å². The van der Waals surface area contributed by atoms with Gasteiger partial charge in [0.15, 0.2) is 0 Å². The average molecular weight is 152 g/mol. The molecule has 11 heavy (non-hydrogen) atoms. The van der Waals surface area contributed by atoms with E-state index in [2.05, 4.69) is 12.7 Å². The van der Waals surface area contributed by atoms with Gasteiger partial charge in [-0.2, -0.15) is 0 Å². The third kappa shape index (κ3) is 1.22. The molecule has 1 heteroatoms. The molecule has 1 aliphatic heterocycles. The van der Waals surface area contributed by atoms with E-state index in [1.807, 2.05) is 0 Å². The summed E-state index contributed by atoms with van der Waals surface area (Å²) in [6, 6.07) is 0. The van der Waals surface area contributed by atoms with Crippen LogP contribution >= 0.6 is 0 Å². The van der Waals surface area contributed by atoms with Gasteiger partial charge in [-0.15, -0.1) is 6.58 Å². The van der Waals surface area contributed by atoms with E-state index in [0.717, 1.165) is 19.1 Å². The smallest absolute Gasteiger partial charge is 0.0544 e. The molecule has 2 rings (SSSR count).